The minimum absolute atomic E-state index is 0.111. The minimum Gasteiger partial charge on any atom is -0.481 e. The molecule has 1 heterocycles. The zero-order valence-electron chi connectivity index (χ0n) is 9.39. The van der Waals surface area contributed by atoms with Crippen LogP contribution in [0.4, 0.5) is 0 Å². The van der Waals surface area contributed by atoms with Crippen molar-refractivity contribution in [3.8, 4) is 0 Å². The van der Waals surface area contributed by atoms with Gasteiger partial charge >= 0.3 is 5.97 Å². The molecule has 1 fully saturated rings. The average molecular weight is 253 g/mol. The van der Waals surface area contributed by atoms with Crippen molar-refractivity contribution in [2.45, 2.75) is 19.3 Å². The zero-order valence-corrected chi connectivity index (χ0v) is 10.2. The van der Waals surface area contributed by atoms with Crippen LogP contribution in [0.15, 0.2) is 17.5 Å². The van der Waals surface area contributed by atoms with Crippen LogP contribution in [-0.4, -0.2) is 23.5 Å². The first-order valence-corrected chi connectivity index (χ1v) is 6.59. The van der Waals surface area contributed by atoms with E-state index in [9.17, 15) is 9.59 Å². The molecule has 0 bridgehead atoms. The molecule has 2 unspecified atom stereocenters. The highest BCUT2D eigenvalue weighted by Gasteiger charge is 2.41. The summed E-state index contributed by atoms with van der Waals surface area (Å²) in [5.41, 5.74) is 0. The number of hydrogen-bond acceptors (Lipinski definition) is 3. The summed E-state index contributed by atoms with van der Waals surface area (Å²) < 4.78 is 0. The summed E-state index contributed by atoms with van der Waals surface area (Å²) >= 11 is 1.66. The highest BCUT2D eigenvalue weighted by Crippen LogP contribution is 2.34. The van der Waals surface area contributed by atoms with Crippen molar-refractivity contribution in [3.05, 3.63) is 22.4 Å². The van der Waals surface area contributed by atoms with Gasteiger partial charge in [0.2, 0.25) is 5.91 Å². The number of nitrogens with one attached hydrogen (secondary N) is 1. The first kappa shape index (κ1) is 12.1. The van der Waals surface area contributed by atoms with Crippen LogP contribution in [0.5, 0.6) is 0 Å². The molecule has 92 valence electrons. The monoisotopic (exact) mass is 253 g/mol. The first-order valence-electron chi connectivity index (χ1n) is 5.71. The number of carboxylic acids is 1. The summed E-state index contributed by atoms with van der Waals surface area (Å²) in [6.45, 7) is 0.586. The summed E-state index contributed by atoms with van der Waals surface area (Å²) in [6, 6.07) is 4.01. The molecule has 17 heavy (non-hydrogen) atoms. The summed E-state index contributed by atoms with van der Waals surface area (Å²) in [5, 5.41) is 13.7. The summed E-state index contributed by atoms with van der Waals surface area (Å²) in [7, 11) is 0. The number of amides is 1. The third-order valence-electron chi connectivity index (χ3n) is 3.18. The zero-order chi connectivity index (χ0) is 12.3. The van der Waals surface area contributed by atoms with Gasteiger partial charge in [0, 0.05) is 11.4 Å². The predicted molar refractivity (Wildman–Crippen MR) is 64.9 cm³/mol. The normalized spacial score (nSPS) is 22.8. The van der Waals surface area contributed by atoms with Crippen molar-refractivity contribution in [3.63, 3.8) is 0 Å². The van der Waals surface area contributed by atoms with Gasteiger partial charge < -0.3 is 10.4 Å². The van der Waals surface area contributed by atoms with Gasteiger partial charge in [0.1, 0.15) is 0 Å². The lowest BCUT2D eigenvalue weighted by Crippen LogP contribution is -2.44. The molecular formula is C12H15NO3S. The van der Waals surface area contributed by atoms with E-state index in [0.29, 0.717) is 19.4 Å². The van der Waals surface area contributed by atoms with E-state index in [4.69, 9.17) is 5.11 Å². The molecule has 5 heteroatoms. The van der Waals surface area contributed by atoms with Gasteiger partial charge in [-0.25, -0.2) is 0 Å². The van der Waals surface area contributed by atoms with Crippen molar-refractivity contribution in [1.82, 2.24) is 5.32 Å². The topological polar surface area (TPSA) is 66.4 Å². The van der Waals surface area contributed by atoms with Crippen molar-refractivity contribution in [2.24, 2.45) is 11.8 Å². The quantitative estimate of drug-likeness (QED) is 0.836. The maximum Gasteiger partial charge on any atom is 0.307 e. The van der Waals surface area contributed by atoms with Gasteiger partial charge in [0.15, 0.2) is 0 Å². The smallest absolute Gasteiger partial charge is 0.307 e. The molecule has 1 saturated carbocycles. The van der Waals surface area contributed by atoms with Crippen molar-refractivity contribution in [1.29, 1.82) is 0 Å². The molecule has 4 nitrogen and oxygen atoms in total. The Morgan fingerprint density at radius 3 is 2.71 bits per heavy atom. The van der Waals surface area contributed by atoms with Crippen LogP contribution < -0.4 is 5.32 Å². The number of aliphatic carboxylic acids is 1. The maximum absolute atomic E-state index is 11.7. The maximum atomic E-state index is 11.7. The number of carbonyl (C=O) groups excluding carboxylic acids is 1. The fourth-order valence-electron chi connectivity index (χ4n) is 2.00. The molecule has 1 aliphatic rings. The molecule has 1 amide bonds. The van der Waals surface area contributed by atoms with E-state index in [2.05, 4.69) is 5.32 Å². The van der Waals surface area contributed by atoms with E-state index in [1.54, 1.807) is 11.3 Å². The number of thiophene rings is 1. The third-order valence-corrected chi connectivity index (χ3v) is 4.12. The van der Waals surface area contributed by atoms with Crippen LogP contribution in [0, 0.1) is 11.8 Å². The minimum atomic E-state index is -0.852. The van der Waals surface area contributed by atoms with Gasteiger partial charge in [-0.2, -0.15) is 0 Å². The van der Waals surface area contributed by atoms with E-state index < -0.39 is 11.9 Å². The predicted octanol–water partition coefficient (Wildman–Crippen LogP) is 1.52. The molecule has 0 aromatic carbocycles. The van der Waals surface area contributed by atoms with Gasteiger partial charge in [-0.3, -0.25) is 9.59 Å². The second kappa shape index (κ2) is 5.31. The fourth-order valence-corrected chi connectivity index (χ4v) is 2.71. The Morgan fingerprint density at radius 1 is 1.41 bits per heavy atom. The van der Waals surface area contributed by atoms with Crippen molar-refractivity contribution >= 4 is 23.2 Å². The lowest BCUT2D eigenvalue weighted by Gasteiger charge is -2.31. The average Bonchev–Trinajstić information content (AvgIpc) is 2.67. The number of carboxylic acid groups (broad SMARTS) is 1. The van der Waals surface area contributed by atoms with Gasteiger partial charge in [0.05, 0.1) is 11.8 Å². The lowest BCUT2D eigenvalue weighted by atomic mass is 9.73. The molecule has 1 aliphatic carbocycles. The van der Waals surface area contributed by atoms with E-state index in [1.165, 1.54) is 4.88 Å². The molecule has 0 radical (unpaired) electrons. The molecule has 2 atom stereocenters. The summed E-state index contributed by atoms with van der Waals surface area (Å²) in [4.78, 5) is 23.7. The Hall–Kier alpha value is -1.36. The number of carbonyl (C=O) groups is 2. The molecule has 2 N–H and O–H groups in total. The van der Waals surface area contributed by atoms with Crippen molar-refractivity contribution in [2.75, 3.05) is 6.54 Å². The third kappa shape index (κ3) is 2.85. The van der Waals surface area contributed by atoms with E-state index in [1.807, 2.05) is 17.5 Å². The fraction of sp³-hybridized carbons (Fsp3) is 0.500. The van der Waals surface area contributed by atoms with E-state index in [0.717, 1.165) is 6.42 Å². The van der Waals surface area contributed by atoms with Gasteiger partial charge in [0.25, 0.3) is 0 Å². The van der Waals surface area contributed by atoms with Gasteiger partial charge in [-0.1, -0.05) is 6.07 Å². The van der Waals surface area contributed by atoms with Gasteiger partial charge in [-0.15, -0.1) is 11.3 Å². The molecule has 0 saturated heterocycles. The second-order valence-electron chi connectivity index (χ2n) is 4.25. The molecular weight excluding hydrogens is 238 g/mol. The SMILES string of the molecule is O=C(O)C1CCC1C(=O)NCCc1cccs1. The molecule has 1 aromatic rings. The first-order chi connectivity index (χ1) is 8.18. The van der Waals surface area contributed by atoms with Crippen LogP contribution >= 0.6 is 11.3 Å². The Kier molecular flexibility index (Phi) is 3.78. The summed E-state index contributed by atoms with van der Waals surface area (Å²) in [6.07, 6.45) is 2.13. The Labute approximate surface area is 104 Å². The lowest BCUT2D eigenvalue weighted by molar-refractivity contribution is -0.152. The standard InChI is InChI=1S/C12H15NO3S/c14-11(9-3-4-10(9)12(15)16)13-6-5-8-2-1-7-17-8/h1-2,7,9-10H,3-6H2,(H,13,14)(H,15,16). The highest BCUT2D eigenvalue weighted by atomic mass is 32.1. The number of rotatable bonds is 5. The molecule has 0 aliphatic heterocycles. The Morgan fingerprint density at radius 2 is 2.18 bits per heavy atom. The van der Waals surface area contributed by atoms with Crippen LogP contribution in [0.1, 0.15) is 17.7 Å². The molecule has 0 spiro atoms. The van der Waals surface area contributed by atoms with E-state index >= 15 is 0 Å². The van der Waals surface area contributed by atoms with E-state index in [-0.39, 0.29) is 11.8 Å². The Balaban J connectivity index is 1.72. The van der Waals surface area contributed by atoms with Crippen LogP contribution in [0.2, 0.25) is 0 Å². The summed E-state index contributed by atoms with van der Waals surface area (Å²) in [5.74, 6) is -1.76. The van der Waals surface area contributed by atoms with Crippen LogP contribution in [0.3, 0.4) is 0 Å². The highest BCUT2D eigenvalue weighted by molar-refractivity contribution is 7.09. The number of hydrogen-bond donors (Lipinski definition) is 2. The Bertz CT molecular complexity index is 402. The van der Waals surface area contributed by atoms with Crippen LogP contribution in [0.25, 0.3) is 0 Å². The second-order valence-corrected chi connectivity index (χ2v) is 5.28. The largest absolute Gasteiger partial charge is 0.481 e. The molecule has 2 rings (SSSR count). The van der Waals surface area contributed by atoms with Crippen molar-refractivity contribution < 1.29 is 14.7 Å². The van der Waals surface area contributed by atoms with Gasteiger partial charge in [-0.05, 0) is 30.7 Å². The molecule has 1 aromatic heterocycles. The van der Waals surface area contributed by atoms with Crippen LogP contribution in [-0.2, 0) is 16.0 Å².